The van der Waals surface area contributed by atoms with E-state index in [1.54, 1.807) is 6.20 Å². The minimum atomic E-state index is 0.293. The summed E-state index contributed by atoms with van der Waals surface area (Å²) in [6, 6.07) is 9.45. The summed E-state index contributed by atoms with van der Waals surface area (Å²) in [7, 11) is 0. The van der Waals surface area contributed by atoms with Crippen LogP contribution in [-0.4, -0.2) is 9.97 Å². The highest BCUT2D eigenvalue weighted by Crippen LogP contribution is 2.12. The molecule has 2 rings (SSSR count). The van der Waals surface area contributed by atoms with Crippen LogP contribution in [0.4, 0.5) is 5.82 Å². The third-order valence-corrected chi connectivity index (χ3v) is 2.43. The van der Waals surface area contributed by atoms with Crippen molar-refractivity contribution in [3.8, 4) is 6.07 Å². The molecule has 17 heavy (non-hydrogen) atoms. The number of aromatic nitrogens is 2. The summed E-state index contributed by atoms with van der Waals surface area (Å²) in [4.78, 5) is 7.98. The zero-order chi connectivity index (χ0) is 12.1. The average molecular weight is 245 g/mol. The predicted octanol–water partition coefficient (Wildman–Crippen LogP) is 2.61. The molecular formula is C12H9ClN4. The van der Waals surface area contributed by atoms with Gasteiger partial charge in [-0.3, -0.25) is 0 Å². The lowest BCUT2D eigenvalue weighted by Crippen LogP contribution is -2.04. The number of hydrogen-bond donors (Lipinski definition) is 1. The van der Waals surface area contributed by atoms with Crippen molar-refractivity contribution in [1.82, 2.24) is 9.97 Å². The lowest BCUT2D eigenvalue weighted by atomic mass is 10.2. The normalized spacial score (nSPS) is 9.65. The van der Waals surface area contributed by atoms with E-state index in [4.69, 9.17) is 16.9 Å². The first-order valence-electron chi connectivity index (χ1n) is 4.99. The van der Waals surface area contributed by atoms with Crippen LogP contribution in [0.3, 0.4) is 0 Å². The van der Waals surface area contributed by atoms with Crippen molar-refractivity contribution < 1.29 is 0 Å². The van der Waals surface area contributed by atoms with E-state index in [0.29, 0.717) is 23.1 Å². The topological polar surface area (TPSA) is 61.6 Å². The van der Waals surface area contributed by atoms with Gasteiger partial charge in [-0.05, 0) is 17.7 Å². The van der Waals surface area contributed by atoms with Crippen molar-refractivity contribution in [2.24, 2.45) is 0 Å². The SMILES string of the molecule is N#Cc1nccnc1NCc1ccc(Cl)cc1. The van der Waals surface area contributed by atoms with Gasteiger partial charge in [-0.2, -0.15) is 5.26 Å². The Morgan fingerprint density at radius 2 is 1.88 bits per heavy atom. The summed E-state index contributed by atoms with van der Waals surface area (Å²) in [5.41, 5.74) is 1.35. The predicted molar refractivity (Wildman–Crippen MR) is 65.5 cm³/mol. The molecule has 84 valence electrons. The van der Waals surface area contributed by atoms with Crippen molar-refractivity contribution in [3.63, 3.8) is 0 Å². The van der Waals surface area contributed by atoms with Gasteiger partial charge in [0.05, 0.1) is 0 Å². The second kappa shape index (κ2) is 5.28. The van der Waals surface area contributed by atoms with Gasteiger partial charge in [0.25, 0.3) is 0 Å². The zero-order valence-corrected chi connectivity index (χ0v) is 9.65. The minimum absolute atomic E-state index is 0.293. The van der Waals surface area contributed by atoms with Crippen LogP contribution in [0.25, 0.3) is 0 Å². The van der Waals surface area contributed by atoms with Gasteiger partial charge >= 0.3 is 0 Å². The fraction of sp³-hybridized carbons (Fsp3) is 0.0833. The maximum Gasteiger partial charge on any atom is 0.182 e. The van der Waals surface area contributed by atoms with Crippen molar-refractivity contribution in [3.05, 3.63) is 52.9 Å². The molecule has 5 heteroatoms. The number of nitrogens with one attached hydrogen (secondary N) is 1. The molecule has 0 aliphatic rings. The number of nitrogens with zero attached hydrogens (tertiary/aromatic N) is 3. The molecule has 4 nitrogen and oxygen atoms in total. The Bertz CT molecular complexity index is 545. The molecule has 1 N–H and O–H groups in total. The molecule has 0 saturated heterocycles. The molecular weight excluding hydrogens is 236 g/mol. The van der Waals surface area contributed by atoms with Gasteiger partial charge in [-0.1, -0.05) is 23.7 Å². The quantitative estimate of drug-likeness (QED) is 0.902. The van der Waals surface area contributed by atoms with Crippen LogP contribution in [0.2, 0.25) is 5.02 Å². The largest absolute Gasteiger partial charge is 0.364 e. The fourth-order valence-electron chi connectivity index (χ4n) is 1.34. The van der Waals surface area contributed by atoms with Gasteiger partial charge in [-0.25, -0.2) is 9.97 Å². The van der Waals surface area contributed by atoms with E-state index in [-0.39, 0.29) is 0 Å². The van der Waals surface area contributed by atoms with Crippen LogP contribution >= 0.6 is 11.6 Å². The van der Waals surface area contributed by atoms with Crippen LogP contribution in [0.1, 0.15) is 11.3 Å². The Morgan fingerprint density at radius 3 is 2.59 bits per heavy atom. The smallest absolute Gasteiger partial charge is 0.182 e. The van der Waals surface area contributed by atoms with Gasteiger partial charge in [0, 0.05) is 24.0 Å². The Kier molecular flexibility index (Phi) is 3.53. The highest BCUT2D eigenvalue weighted by Gasteiger charge is 2.02. The van der Waals surface area contributed by atoms with Crippen molar-refractivity contribution in [2.45, 2.75) is 6.54 Å². The van der Waals surface area contributed by atoms with E-state index in [9.17, 15) is 0 Å². The molecule has 0 fully saturated rings. The van der Waals surface area contributed by atoms with E-state index >= 15 is 0 Å². The highest BCUT2D eigenvalue weighted by molar-refractivity contribution is 6.30. The maximum absolute atomic E-state index is 8.84. The third-order valence-electron chi connectivity index (χ3n) is 2.18. The van der Waals surface area contributed by atoms with E-state index in [1.807, 2.05) is 30.3 Å². The van der Waals surface area contributed by atoms with Crippen LogP contribution in [0.5, 0.6) is 0 Å². The first kappa shape index (κ1) is 11.4. The molecule has 0 amide bonds. The lowest BCUT2D eigenvalue weighted by molar-refractivity contribution is 1.07. The zero-order valence-electron chi connectivity index (χ0n) is 8.89. The van der Waals surface area contributed by atoms with Gasteiger partial charge in [-0.15, -0.1) is 0 Å². The van der Waals surface area contributed by atoms with Crippen LogP contribution in [0.15, 0.2) is 36.7 Å². The van der Waals surface area contributed by atoms with Crippen molar-refractivity contribution in [1.29, 1.82) is 5.26 Å². The summed E-state index contributed by atoms with van der Waals surface area (Å²) in [5, 5.41) is 12.6. The lowest BCUT2D eigenvalue weighted by Gasteiger charge is -2.06. The molecule has 1 aromatic carbocycles. The highest BCUT2D eigenvalue weighted by atomic mass is 35.5. The Labute approximate surface area is 104 Å². The van der Waals surface area contributed by atoms with Gasteiger partial charge < -0.3 is 5.32 Å². The number of halogens is 1. The van der Waals surface area contributed by atoms with E-state index < -0.39 is 0 Å². The Hall–Kier alpha value is -2.12. The number of nitriles is 1. The van der Waals surface area contributed by atoms with E-state index in [0.717, 1.165) is 5.56 Å². The van der Waals surface area contributed by atoms with Crippen LogP contribution < -0.4 is 5.32 Å². The van der Waals surface area contributed by atoms with Crippen LogP contribution in [0, 0.1) is 11.3 Å². The summed E-state index contributed by atoms with van der Waals surface area (Å²) in [6.45, 7) is 0.574. The molecule has 0 radical (unpaired) electrons. The van der Waals surface area contributed by atoms with Gasteiger partial charge in [0.1, 0.15) is 6.07 Å². The van der Waals surface area contributed by atoms with E-state index in [2.05, 4.69) is 15.3 Å². The van der Waals surface area contributed by atoms with Crippen molar-refractivity contribution >= 4 is 17.4 Å². The molecule has 0 bridgehead atoms. The Balaban J connectivity index is 2.08. The standard InChI is InChI=1S/C12H9ClN4/c13-10-3-1-9(2-4-10)8-17-12-11(7-14)15-5-6-16-12/h1-6H,8H2,(H,16,17). The maximum atomic E-state index is 8.84. The molecule has 1 aromatic heterocycles. The monoisotopic (exact) mass is 244 g/mol. The molecule has 0 unspecified atom stereocenters. The number of rotatable bonds is 3. The van der Waals surface area contributed by atoms with Crippen molar-refractivity contribution in [2.75, 3.05) is 5.32 Å². The van der Waals surface area contributed by atoms with Gasteiger partial charge in [0.15, 0.2) is 11.5 Å². The molecule has 0 atom stereocenters. The third kappa shape index (κ3) is 2.92. The average Bonchev–Trinajstić information content (AvgIpc) is 2.38. The Morgan fingerprint density at radius 1 is 1.18 bits per heavy atom. The summed E-state index contributed by atoms with van der Waals surface area (Å²) >= 11 is 5.79. The second-order valence-corrected chi connectivity index (χ2v) is 3.78. The molecule has 0 aliphatic heterocycles. The second-order valence-electron chi connectivity index (χ2n) is 3.35. The van der Waals surface area contributed by atoms with E-state index in [1.165, 1.54) is 6.20 Å². The molecule has 0 spiro atoms. The summed E-state index contributed by atoms with van der Waals surface area (Å²) in [5.74, 6) is 0.491. The summed E-state index contributed by atoms with van der Waals surface area (Å²) < 4.78 is 0. The molecule has 0 saturated carbocycles. The molecule has 2 aromatic rings. The summed E-state index contributed by atoms with van der Waals surface area (Å²) in [6.07, 6.45) is 3.04. The number of hydrogen-bond acceptors (Lipinski definition) is 4. The molecule has 1 heterocycles. The number of benzene rings is 1. The fourth-order valence-corrected chi connectivity index (χ4v) is 1.46. The van der Waals surface area contributed by atoms with Gasteiger partial charge in [0.2, 0.25) is 0 Å². The number of anilines is 1. The van der Waals surface area contributed by atoms with Crippen LogP contribution in [-0.2, 0) is 6.54 Å². The first-order valence-corrected chi connectivity index (χ1v) is 5.37. The minimum Gasteiger partial charge on any atom is -0.364 e. The first-order chi connectivity index (χ1) is 8.29. The molecule has 0 aliphatic carbocycles.